The van der Waals surface area contributed by atoms with Crippen LogP contribution in [0.3, 0.4) is 0 Å². The van der Waals surface area contributed by atoms with Gasteiger partial charge in [-0.1, -0.05) is 26.0 Å². The van der Waals surface area contributed by atoms with Crippen LogP contribution >= 0.6 is 0 Å². The molecule has 18 heavy (non-hydrogen) atoms. The van der Waals surface area contributed by atoms with Gasteiger partial charge in [0.25, 0.3) is 0 Å². The average Bonchev–Trinajstić information content (AvgIpc) is 2.40. The van der Waals surface area contributed by atoms with Gasteiger partial charge in [0.1, 0.15) is 5.75 Å². The molecule has 1 saturated heterocycles. The van der Waals surface area contributed by atoms with Gasteiger partial charge in [0.15, 0.2) is 0 Å². The number of piperidine rings is 1. The van der Waals surface area contributed by atoms with Gasteiger partial charge in [0, 0.05) is 0 Å². The first kappa shape index (κ1) is 13.4. The highest BCUT2D eigenvalue weighted by Crippen LogP contribution is 2.36. The lowest BCUT2D eigenvalue weighted by Crippen LogP contribution is -2.40. The number of hydrogen-bond acceptors (Lipinski definition) is 2. The summed E-state index contributed by atoms with van der Waals surface area (Å²) in [6.45, 7) is 9.78. The van der Waals surface area contributed by atoms with Crippen LogP contribution in [0.5, 0.6) is 5.75 Å². The molecule has 1 aromatic carbocycles. The summed E-state index contributed by atoms with van der Waals surface area (Å²) in [5, 5.41) is 3.52. The molecule has 0 amide bonds. The van der Waals surface area contributed by atoms with E-state index in [4.69, 9.17) is 4.74 Å². The molecular formula is C16H25NO. The summed E-state index contributed by atoms with van der Waals surface area (Å²) in [6, 6.07) is 8.59. The normalized spacial score (nSPS) is 20.7. The number of hydrogen-bond donors (Lipinski definition) is 1. The van der Waals surface area contributed by atoms with Crippen LogP contribution in [-0.4, -0.2) is 19.7 Å². The second-order valence-corrected chi connectivity index (χ2v) is 5.73. The molecule has 1 aromatic rings. The van der Waals surface area contributed by atoms with Crippen molar-refractivity contribution in [3.8, 4) is 5.75 Å². The van der Waals surface area contributed by atoms with Crippen LogP contribution in [-0.2, 0) is 5.41 Å². The number of rotatable bonds is 4. The molecule has 0 spiro atoms. The van der Waals surface area contributed by atoms with Crippen molar-refractivity contribution < 1.29 is 4.74 Å². The van der Waals surface area contributed by atoms with Crippen molar-refractivity contribution in [2.24, 2.45) is 5.92 Å². The second kappa shape index (κ2) is 5.75. The van der Waals surface area contributed by atoms with E-state index in [2.05, 4.69) is 37.4 Å². The molecule has 1 N–H and O–H groups in total. The Labute approximate surface area is 111 Å². The largest absolute Gasteiger partial charge is 0.494 e. The molecule has 1 aliphatic rings. The van der Waals surface area contributed by atoms with E-state index < -0.39 is 0 Å². The van der Waals surface area contributed by atoms with E-state index >= 15 is 0 Å². The lowest BCUT2D eigenvalue weighted by molar-refractivity contribution is 0.250. The molecule has 0 aromatic heterocycles. The Morgan fingerprint density at radius 3 is 2.89 bits per heavy atom. The van der Waals surface area contributed by atoms with Crippen molar-refractivity contribution in [2.75, 3.05) is 19.7 Å². The lowest BCUT2D eigenvalue weighted by atomic mass is 9.70. The van der Waals surface area contributed by atoms with Gasteiger partial charge in [-0.05, 0) is 61.9 Å². The third-order valence-electron chi connectivity index (χ3n) is 4.21. The molecule has 1 heterocycles. The Morgan fingerprint density at radius 1 is 1.39 bits per heavy atom. The van der Waals surface area contributed by atoms with E-state index in [-0.39, 0.29) is 5.41 Å². The zero-order valence-electron chi connectivity index (χ0n) is 11.8. The molecule has 1 unspecified atom stereocenters. The summed E-state index contributed by atoms with van der Waals surface area (Å²) in [5.41, 5.74) is 1.60. The van der Waals surface area contributed by atoms with Crippen LogP contribution < -0.4 is 10.1 Å². The van der Waals surface area contributed by atoms with Crippen LogP contribution in [0, 0.1) is 5.92 Å². The van der Waals surface area contributed by atoms with Crippen LogP contribution in [0.2, 0.25) is 0 Å². The molecule has 0 saturated carbocycles. The molecule has 2 nitrogen and oxygen atoms in total. The standard InChI is InChI=1S/C16H25NO/c1-4-18-15-9-5-7-13(11-15)16(2,3)14-8-6-10-17-12-14/h5,7,9,11,14,17H,4,6,8,10,12H2,1-3H3. The monoisotopic (exact) mass is 247 g/mol. The number of nitrogens with one attached hydrogen (secondary N) is 1. The van der Waals surface area contributed by atoms with Crippen LogP contribution in [0.15, 0.2) is 24.3 Å². The smallest absolute Gasteiger partial charge is 0.119 e. The van der Waals surface area contributed by atoms with E-state index in [0.29, 0.717) is 5.92 Å². The lowest BCUT2D eigenvalue weighted by Gasteiger charge is -2.38. The minimum atomic E-state index is 0.209. The highest BCUT2D eigenvalue weighted by molar-refractivity contribution is 5.33. The van der Waals surface area contributed by atoms with Gasteiger partial charge in [-0.15, -0.1) is 0 Å². The SMILES string of the molecule is CCOc1cccc(C(C)(C)C2CCCNC2)c1. The van der Waals surface area contributed by atoms with Crippen molar-refractivity contribution in [1.29, 1.82) is 0 Å². The quantitative estimate of drug-likeness (QED) is 0.881. The average molecular weight is 247 g/mol. The summed E-state index contributed by atoms with van der Waals surface area (Å²) in [7, 11) is 0. The Hall–Kier alpha value is -1.02. The number of ether oxygens (including phenoxy) is 1. The van der Waals surface area contributed by atoms with Crippen LogP contribution in [0.1, 0.15) is 39.2 Å². The fourth-order valence-corrected chi connectivity index (χ4v) is 2.86. The number of benzene rings is 1. The molecule has 1 aliphatic heterocycles. The van der Waals surface area contributed by atoms with Gasteiger partial charge in [-0.2, -0.15) is 0 Å². The van der Waals surface area contributed by atoms with Gasteiger partial charge >= 0.3 is 0 Å². The summed E-state index contributed by atoms with van der Waals surface area (Å²) in [4.78, 5) is 0. The van der Waals surface area contributed by atoms with E-state index in [1.807, 2.05) is 13.0 Å². The summed E-state index contributed by atoms with van der Waals surface area (Å²) in [6.07, 6.45) is 2.61. The minimum absolute atomic E-state index is 0.209. The zero-order chi connectivity index (χ0) is 13.0. The summed E-state index contributed by atoms with van der Waals surface area (Å²) >= 11 is 0. The Bertz CT molecular complexity index is 380. The summed E-state index contributed by atoms with van der Waals surface area (Å²) in [5.74, 6) is 1.70. The third-order valence-corrected chi connectivity index (χ3v) is 4.21. The first-order chi connectivity index (χ1) is 8.64. The van der Waals surface area contributed by atoms with E-state index in [0.717, 1.165) is 18.9 Å². The van der Waals surface area contributed by atoms with E-state index in [9.17, 15) is 0 Å². The highest BCUT2D eigenvalue weighted by Gasteiger charge is 2.32. The topological polar surface area (TPSA) is 21.3 Å². The van der Waals surface area contributed by atoms with E-state index in [1.165, 1.54) is 24.9 Å². The van der Waals surface area contributed by atoms with Crippen LogP contribution in [0.4, 0.5) is 0 Å². The fourth-order valence-electron chi connectivity index (χ4n) is 2.86. The molecule has 0 aliphatic carbocycles. The highest BCUT2D eigenvalue weighted by atomic mass is 16.5. The van der Waals surface area contributed by atoms with Crippen LogP contribution in [0.25, 0.3) is 0 Å². The first-order valence-electron chi connectivity index (χ1n) is 7.08. The molecule has 2 heteroatoms. The minimum Gasteiger partial charge on any atom is -0.494 e. The summed E-state index contributed by atoms with van der Waals surface area (Å²) < 4.78 is 5.61. The molecule has 2 rings (SSSR count). The van der Waals surface area contributed by atoms with Crippen molar-refractivity contribution in [3.05, 3.63) is 29.8 Å². The van der Waals surface area contributed by atoms with Crippen molar-refractivity contribution in [1.82, 2.24) is 5.32 Å². The van der Waals surface area contributed by atoms with Gasteiger partial charge in [0.2, 0.25) is 0 Å². The van der Waals surface area contributed by atoms with Gasteiger partial charge < -0.3 is 10.1 Å². The molecule has 1 fully saturated rings. The zero-order valence-corrected chi connectivity index (χ0v) is 11.8. The molecule has 0 radical (unpaired) electrons. The maximum absolute atomic E-state index is 5.61. The molecule has 0 bridgehead atoms. The Balaban J connectivity index is 2.19. The maximum Gasteiger partial charge on any atom is 0.119 e. The van der Waals surface area contributed by atoms with Gasteiger partial charge in [-0.25, -0.2) is 0 Å². The third kappa shape index (κ3) is 2.86. The van der Waals surface area contributed by atoms with E-state index in [1.54, 1.807) is 0 Å². The first-order valence-corrected chi connectivity index (χ1v) is 7.08. The molecule has 1 atom stereocenters. The Kier molecular flexibility index (Phi) is 4.28. The predicted molar refractivity (Wildman–Crippen MR) is 76.2 cm³/mol. The van der Waals surface area contributed by atoms with Gasteiger partial charge in [0.05, 0.1) is 6.61 Å². The van der Waals surface area contributed by atoms with Gasteiger partial charge in [-0.3, -0.25) is 0 Å². The maximum atomic E-state index is 5.61. The van der Waals surface area contributed by atoms with Crippen molar-refractivity contribution in [3.63, 3.8) is 0 Å². The molecule has 100 valence electrons. The van der Waals surface area contributed by atoms with Crippen molar-refractivity contribution >= 4 is 0 Å². The molecular weight excluding hydrogens is 222 g/mol. The van der Waals surface area contributed by atoms with Crippen molar-refractivity contribution in [2.45, 2.75) is 39.0 Å². The second-order valence-electron chi connectivity index (χ2n) is 5.73. The fraction of sp³-hybridized carbons (Fsp3) is 0.625. The Morgan fingerprint density at radius 2 is 2.22 bits per heavy atom. The predicted octanol–water partition coefficient (Wildman–Crippen LogP) is 3.36.